The van der Waals surface area contributed by atoms with Crippen molar-refractivity contribution in [1.29, 1.82) is 0 Å². The fourth-order valence-electron chi connectivity index (χ4n) is 2.71. The van der Waals surface area contributed by atoms with E-state index < -0.39 is 10.9 Å². The minimum Gasteiger partial charge on any atom is -0.487 e. The SMILES string of the molecule is Cc1nc(COc2cccc(C(=O)OCc3nnc(-c4ccc([N+](=O)[O-])cc4)o3)c2)cs1. The Balaban J connectivity index is 1.34. The fraction of sp³-hybridized carbons (Fsp3) is 0.143. The number of hydrogen-bond acceptors (Lipinski definition) is 10. The Morgan fingerprint density at radius 1 is 1.16 bits per heavy atom. The van der Waals surface area contributed by atoms with Crippen LogP contribution in [0.2, 0.25) is 0 Å². The van der Waals surface area contributed by atoms with Gasteiger partial charge in [-0.3, -0.25) is 10.1 Å². The lowest BCUT2D eigenvalue weighted by atomic mass is 10.2. The minimum atomic E-state index is -0.574. The van der Waals surface area contributed by atoms with E-state index in [0.29, 0.717) is 23.5 Å². The first kappa shape index (κ1) is 21.1. The van der Waals surface area contributed by atoms with Crippen molar-refractivity contribution in [3.63, 3.8) is 0 Å². The number of aryl methyl sites for hydroxylation is 1. The summed E-state index contributed by atoms with van der Waals surface area (Å²) in [6, 6.07) is 12.3. The Bertz CT molecular complexity index is 1250. The van der Waals surface area contributed by atoms with Crippen LogP contribution in [0.4, 0.5) is 5.69 Å². The molecule has 2 heterocycles. The Kier molecular flexibility index (Phi) is 6.17. The minimum absolute atomic E-state index is 0.0460. The third-order valence-corrected chi connectivity index (χ3v) is 5.06. The number of ether oxygens (including phenoxy) is 2. The maximum absolute atomic E-state index is 12.4. The molecule has 0 fully saturated rings. The van der Waals surface area contributed by atoms with E-state index in [9.17, 15) is 14.9 Å². The molecule has 0 radical (unpaired) electrons. The maximum Gasteiger partial charge on any atom is 0.338 e. The Morgan fingerprint density at radius 2 is 1.97 bits per heavy atom. The van der Waals surface area contributed by atoms with Crippen molar-refractivity contribution >= 4 is 23.0 Å². The van der Waals surface area contributed by atoms with Gasteiger partial charge in [0.2, 0.25) is 5.89 Å². The van der Waals surface area contributed by atoms with Crippen molar-refractivity contribution in [3.8, 4) is 17.2 Å². The van der Waals surface area contributed by atoms with Crippen LogP contribution in [0, 0.1) is 17.0 Å². The summed E-state index contributed by atoms with van der Waals surface area (Å²) >= 11 is 1.54. The monoisotopic (exact) mass is 452 g/mol. The molecule has 4 aromatic rings. The number of aromatic nitrogens is 3. The summed E-state index contributed by atoms with van der Waals surface area (Å²) in [4.78, 5) is 27.0. The maximum atomic E-state index is 12.4. The van der Waals surface area contributed by atoms with E-state index in [1.807, 2.05) is 12.3 Å². The van der Waals surface area contributed by atoms with Gasteiger partial charge in [-0.25, -0.2) is 9.78 Å². The number of hydrogen-bond donors (Lipinski definition) is 0. The molecular formula is C21H16N4O6S. The Hall–Kier alpha value is -4.12. The first-order valence-corrected chi connectivity index (χ1v) is 10.2. The van der Waals surface area contributed by atoms with Crippen LogP contribution in [0.1, 0.15) is 27.0 Å². The number of thiazole rings is 1. The summed E-state index contributed by atoms with van der Waals surface area (Å²) in [5, 5.41) is 21.3. The van der Waals surface area contributed by atoms with Crippen LogP contribution in [0.25, 0.3) is 11.5 Å². The van der Waals surface area contributed by atoms with Gasteiger partial charge in [-0.05, 0) is 37.3 Å². The lowest BCUT2D eigenvalue weighted by molar-refractivity contribution is -0.384. The molecule has 0 aliphatic rings. The molecule has 2 aromatic heterocycles. The molecule has 0 amide bonds. The van der Waals surface area contributed by atoms with E-state index in [0.717, 1.165) is 10.7 Å². The standard InChI is InChI=1S/C21H16N4O6S/c1-13-22-16(12-32-13)10-29-18-4-2-3-15(9-18)21(26)30-11-19-23-24-20(31-19)14-5-7-17(8-6-14)25(27)28/h2-9,12H,10-11H2,1H3. The molecule has 11 heteroatoms. The molecular weight excluding hydrogens is 436 g/mol. The molecule has 0 spiro atoms. The number of esters is 1. The van der Waals surface area contributed by atoms with Crippen LogP contribution in [0.3, 0.4) is 0 Å². The van der Waals surface area contributed by atoms with E-state index in [1.165, 1.54) is 24.3 Å². The molecule has 0 N–H and O–H groups in total. The van der Waals surface area contributed by atoms with Crippen molar-refractivity contribution in [2.75, 3.05) is 0 Å². The molecule has 0 saturated heterocycles. The van der Waals surface area contributed by atoms with E-state index >= 15 is 0 Å². The summed E-state index contributed by atoms with van der Waals surface area (Å²) in [6.07, 6.45) is 0. The largest absolute Gasteiger partial charge is 0.487 e. The molecule has 0 bridgehead atoms. The molecule has 0 atom stereocenters. The summed E-state index contributed by atoms with van der Waals surface area (Å²) in [5.74, 6) is 0.204. The molecule has 10 nitrogen and oxygen atoms in total. The first-order valence-electron chi connectivity index (χ1n) is 9.36. The predicted molar refractivity (Wildman–Crippen MR) is 113 cm³/mol. The second kappa shape index (κ2) is 9.35. The van der Waals surface area contributed by atoms with Crippen LogP contribution in [0.5, 0.6) is 5.75 Å². The van der Waals surface area contributed by atoms with Gasteiger partial charge in [0, 0.05) is 23.1 Å². The predicted octanol–water partition coefficient (Wildman–Crippen LogP) is 4.35. The van der Waals surface area contributed by atoms with Crippen LogP contribution in [0.15, 0.2) is 58.3 Å². The summed E-state index contributed by atoms with van der Waals surface area (Å²) in [6.45, 7) is 2.00. The second-order valence-corrected chi connectivity index (χ2v) is 7.62. The van der Waals surface area contributed by atoms with Crippen molar-refractivity contribution in [3.05, 3.63) is 86.2 Å². The first-order chi connectivity index (χ1) is 15.5. The molecule has 2 aromatic carbocycles. The topological polar surface area (TPSA) is 130 Å². The Morgan fingerprint density at radius 3 is 2.69 bits per heavy atom. The normalized spacial score (nSPS) is 10.7. The van der Waals surface area contributed by atoms with E-state index in [2.05, 4.69) is 15.2 Å². The van der Waals surface area contributed by atoms with Gasteiger partial charge in [-0.15, -0.1) is 21.5 Å². The van der Waals surface area contributed by atoms with Crippen molar-refractivity contribution in [1.82, 2.24) is 15.2 Å². The second-order valence-electron chi connectivity index (χ2n) is 6.56. The van der Waals surface area contributed by atoms with E-state index in [1.54, 1.807) is 35.6 Å². The van der Waals surface area contributed by atoms with Gasteiger partial charge >= 0.3 is 5.97 Å². The van der Waals surface area contributed by atoms with Gasteiger partial charge in [0.25, 0.3) is 11.6 Å². The number of nitrogens with zero attached hydrogens (tertiary/aromatic N) is 4. The zero-order chi connectivity index (χ0) is 22.5. The summed E-state index contributed by atoms with van der Waals surface area (Å²) < 4.78 is 16.4. The lowest BCUT2D eigenvalue weighted by Crippen LogP contribution is -2.06. The number of carbonyl (C=O) groups excluding carboxylic acids is 1. The van der Waals surface area contributed by atoms with Crippen LogP contribution in [-0.4, -0.2) is 26.1 Å². The quantitative estimate of drug-likeness (QED) is 0.217. The summed E-state index contributed by atoms with van der Waals surface area (Å²) in [5.41, 5.74) is 1.60. The molecule has 0 unspecified atom stereocenters. The van der Waals surface area contributed by atoms with Crippen LogP contribution < -0.4 is 4.74 Å². The average molecular weight is 452 g/mol. The molecule has 0 saturated carbocycles. The highest BCUT2D eigenvalue weighted by Crippen LogP contribution is 2.22. The Labute approximate surface area is 185 Å². The number of nitro benzene ring substituents is 1. The van der Waals surface area contributed by atoms with Gasteiger partial charge in [-0.1, -0.05) is 6.07 Å². The molecule has 0 aliphatic heterocycles. The smallest absolute Gasteiger partial charge is 0.338 e. The van der Waals surface area contributed by atoms with Gasteiger partial charge in [0.1, 0.15) is 12.4 Å². The summed E-state index contributed by atoms with van der Waals surface area (Å²) in [7, 11) is 0. The van der Waals surface area contributed by atoms with E-state index in [4.69, 9.17) is 13.9 Å². The number of benzene rings is 2. The molecule has 32 heavy (non-hydrogen) atoms. The van der Waals surface area contributed by atoms with Crippen LogP contribution >= 0.6 is 11.3 Å². The average Bonchev–Trinajstić information content (AvgIpc) is 3.45. The number of nitro groups is 1. The van der Waals surface area contributed by atoms with E-state index in [-0.39, 0.29) is 24.1 Å². The molecule has 0 aliphatic carbocycles. The van der Waals surface area contributed by atoms with Gasteiger partial charge in [0.15, 0.2) is 6.61 Å². The molecule has 162 valence electrons. The van der Waals surface area contributed by atoms with Crippen molar-refractivity contribution in [2.45, 2.75) is 20.1 Å². The fourth-order valence-corrected chi connectivity index (χ4v) is 3.31. The third kappa shape index (κ3) is 5.13. The molecule has 4 rings (SSSR count). The number of carbonyl (C=O) groups is 1. The highest BCUT2D eigenvalue weighted by atomic mass is 32.1. The number of non-ortho nitro benzene ring substituents is 1. The third-order valence-electron chi connectivity index (χ3n) is 4.24. The highest BCUT2D eigenvalue weighted by Gasteiger charge is 2.14. The van der Waals surface area contributed by atoms with Crippen molar-refractivity contribution in [2.24, 2.45) is 0 Å². The zero-order valence-corrected chi connectivity index (χ0v) is 17.6. The number of rotatable bonds is 8. The van der Waals surface area contributed by atoms with Gasteiger partial charge in [-0.2, -0.15) is 0 Å². The zero-order valence-electron chi connectivity index (χ0n) is 16.8. The van der Waals surface area contributed by atoms with Crippen LogP contribution in [-0.2, 0) is 18.0 Å². The van der Waals surface area contributed by atoms with Crippen molar-refractivity contribution < 1.29 is 23.6 Å². The van der Waals surface area contributed by atoms with Gasteiger partial charge < -0.3 is 13.9 Å². The highest BCUT2D eigenvalue weighted by molar-refractivity contribution is 7.09. The van der Waals surface area contributed by atoms with Gasteiger partial charge in [0.05, 0.1) is 21.2 Å². The lowest BCUT2D eigenvalue weighted by Gasteiger charge is -2.06.